The van der Waals surface area contributed by atoms with Gasteiger partial charge in [-0.3, -0.25) is 0 Å². The van der Waals surface area contributed by atoms with Gasteiger partial charge < -0.3 is 4.74 Å². The van der Waals surface area contributed by atoms with Gasteiger partial charge in [0.1, 0.15) is 17.2 Å². The van der Waals surface area contributed by atoms with Crippen molar-refractivity contribution in [3.8, 4) is 0 Å². The highest BCUT2D eigenvalue weighted by molar-refractivity contribution is 7.89. The molecule has 4 rings (SSSR count). The average Bonchev–Trinajstić information content (AvgIpc) is 2.63. The van der Waals surface area contributed by atoms with E-state index in [4.69, 9.17) is 4.74 Å². The number of rotatable bonds is 2. The second kappa shape index (κ2) is 6.37. The molecular formula is C18H20FN3O3S. The Morgan fingerprint density at radius 3 is 2.81 bits per heavy atom. The van der Waals surface area contributed by atoms with E-state index in [2.05, 4.69) is 9.97 Å². The molecule has 1 fully saturated rings. The summed E-state index contributed by atoms with van der Waals surface area (Å²) in [6.07, 6.45) is 3.92. The molecule has 0 aliphatic carbocycles. The molecule has 26 heavy (non-hydrogen) atoms. The zero-order chi connectivity index (χ0) is 18.4. The lowest BCUT2D eigenvalue weighted by Crippen LogP contribution is -2.52. The van der Waals surface area contributed by atoms with Crippen LogP contribution in [-0.4, -0.2) is 42.4 Å². The van der Waals surface area contributed by atoms with Gasteiger partial charge in [-0.05, 0) is 56.0 Å². The van der Waals surface area contributed by atoms with Crippen molar-refractivity contribution in [2.75, 3.05) is 19.7 Å². The van der Waals surface area contributed by atoms with Crippen molar-refractivity contribution in [3.05, 3.63) is 53.4 Å². The molecule has 2 aromatic rings. The number of nitrogens with zero attached hydrogens (tertiary/aromatic N) is 3. The van der Waals surface area contributed by atoms with Gasteiger partial charge in [0.2, 0.25) is 10.0 Å². The number of sulfonamides is 1. The van der Waals surface area contributed by atoms with Crippen molar-refractivity contribution in [3.63, 3.8) is 0 Å². The van der Waals surface area contributed by atoms with Crippen LogP contribution in [0.5, 0.6) is 0 Å². The number of halogens is 1. The van der Waals surface area contributed by atoms with Crippen LogP contribution in [0.1, 0.15) is 29.9 Å². The van der Waals surface area contributed by atoms with Crippen molar-refractivity contribution in [1.29, 1.82) is 0 Å². The topological polar surface area (TPSA) is 72.4 Å². The Kier molecular flexibility index (Phi) is 4.29. The van der Waals surface area contributed by atoms with Gasteiger partial charge in [-0.2, -0.15) is 4.31 Å². The van der Waals surface area contributed by atoms with Crippen LogP contribution in [0.15, 0.2) is 35.4 Å². The molecule has 1 saturated heterocycles. The minimum atomic E-state index is -3.72. The first-order valence-corrected chi connectivity index (χ1v) is 10.1. The Hall–Kier alpha value is -1.90. The molecular weight excluding hydrogens is 357 g/mol. The first kappa shape index (κ1) is 17.5. The fourth-order valence-corrected chi connectivity index (χ4v) is 5.28. The van der Waals surface area contributed by atoms with Gasteiger partial charge in [0.15, 0.2) is 0 Å². The fourth-order valence-electron chi connectivity index (χ4n) is 3.75. The van der Waals surface area contributed by atoms with Gasteiger partial charge in [0, 0.05) is 19.3 Å². The number of benzene rings is 1. The Morgan fingerprint density at radius 2 is 2.04 bits per heavy atom. The molecule has 138 valence electrons. The van der Waals surface area contributed by atoms with Crippen LogP contribution in [0.3, 0.4) is 0 Å². The number of piperidine rings is 1. The van der Waals surface area contributed by atoms with Gasteiger partial charge in [-0.15, -0.1) is 0 Å². The van der Waals surface area contributed by atoms with Gasteiger partial charge in [-0.25, -0.2) is 22.8 Å². The lowest BCUT2D eigenvalue weighted by molar-refractivity contribution is -0.0935. The molecule has 6 nitrogen and oxygen atoms in total. The summed E-state index contributed by atoms with van der Waals surface area (Å²) < 4.78 is 46.7. The zero-order valence-electron chi connectivity index (χ0n) is 14.5. The lowest BCUT2D eigenvalue weighted by atomic mass is 9.85. The largest absolute Gasteiger partial charge is 0.367 e. The van der Waals surface area contributed by atoms with E-state index in [0.717, 1.165) is 29.8 Å². The summed E-state index contributed by atoms with van der Waals surface area (Å²) >= 11 is 0. The van der Waals surface area contributed by atoms with Crippen molar-refractivity contribution >= 4 is 10.0 Å². The van der Waals surface area contributed by atoms with E-state index in [9.17, 15) is 12.8 Å². The van der Waals surface area contributed by atoms with E-state index >= 15 is 0 Å². The zero-order valence-corrected chi connectivity index (χ0v) is 15.3. The number of aromatic nitrogens is 2. The Labute approximate surface area is 152 Å². The van der Waals surface area contributed by atoms with E-state index in [1.165, 1.54) is 16.4 Å². The highest BCUT2D eigenvalue weighted by atomic mass is 32.2. The highest BCUT2D eigenvalue weighted by Crippen LogP contribution is 2.40. The molecule has 1 aromatic heterocycles. The number of ether oxygens (including phenoxy) is 1. The van der Waals surface area contributed by atoms with Crippen LogP contribution in [-0.2, 0) is 26.8 Å². The third kappa shape index (κ3) is 2.91. The summed E-state index contributed by atoms with van der Waals surface area (Å²) in [5, 5.41) is 0. The first-order chi connectivity index (χ1) is 12.4. The number of hydrogen-bond acceptors (Lipinski definition) is 5. The molecule has 2 aliphatic rings. The quantitative estimate of drug-likeness (QED) is 0.802. The normalized spacial score (nSPS) is 23.8. The smallest absolute Gasteiger partial charge is 0.243 e. The lowest BCUT2D eigenvalue weighted by Gasteiger charge is -2.44. The minimum absolute atomic E-state index is 0.0888. The van der Waals surface area contributed by atoms with Gasteiger partial charge in [0.25, 0.3) is 0 Å². The van der Waals surface area contributed by atoms with Crippen LogP contribution in [0.25, 0.3) is 0 Å². The number of fused-ring (bicyclic) bond motifs is 2. The van der Waals surface area contributed by atoms with Gasteiger partial charge >= 0.3 is 0 Å². The van der Waals surface area contributed by atoms with E-state index in [1.54, 1.807) is 0 Å². The van der Waals surface area contributed by atoms with E-state index in [1.807, 2.05) is 13.1 Å². The van der Waals surface area contributed by atoms with Crippen LogP contribution in [0.4, 0.5) is 4.39 Å². The summed E-state index contributed by atoms with van der Waals surface area (Å²) in [4.78, 5) is 8.93. The third-order valence-corrected chi connectivity index (χ3v) is 6.90. The molecule has 0 amide bonds. The summed E-state index contributed by atoms with van der Waals surface area (Å²) in [5.74, 6) is 0.183. The Bertz CT molecular complexity index is 933. The minimum Gasteiger partial charge on any atom is -0.367 e. The molecule has 2 aliphatic heterocycles. The summed E-state index contributed by atoms with van der Waals surface area (Å²) in [6.45, 7) is 2.95. The van der Waals surface area contributed by atoms with Crippen LogP contribution in [0.2, 0.25) is 0 Å². The molecule has 0 bridgehead atoms. The molecule has 8 heteroatoms. The first-order valence-electron chi connectivity index (χ1n) is 8.63. The molecule has 0 N–H and O–H groups in total. The Balaban J connectivity index is 1.71. The second-order valence-electron chi connectivity index (χ2n) is 6.78. The van der Waals surface area contributed by atoms with Crippen molar-refractivity contribution < 1.29 is 17.5 Å². The van der Waals surface area contributed by atoms with Gasteiger partial charge in [0.05, 0.1) is 17.2 Å². The molecule has 0 unspecified atom stereocenters. The van der Waals surface area contributed by atoms with Crippen LogP contribution < -0.4 is 0 Å². The molecule has 1 spiro atoms. The Morgan fingerprint density at radius 1 is 1.27 bits per heavy atom. The summed E-state index contributed by atoms with van der Waals surface area (Å²) in [5.41, 5.74) is 1.07. The van der Waals surface area contributed by atoms with Crippen molar-refractivity contribution in [2.45, 2.75) is 36.7 Å². The molecule has 3 heterocycles. The highest BCUT2D eigenvalue weighted by Gasteiger charge is 2.46. The van der Waals surface area contributed by atoms with Crippen LogP contribution >= 0.6 is 0 Å². The van der Waals surface area contributed by atoms with Crippen molar-refractivity contribution in [2.24, 2.45) is 0 Å². The summed E-state index contributed by atoms with van der Waals surface area (Å²) in [7, 11) is -3.72. The number of aryl methyl sites for hydroxylation is 1. The molecule has 1 aromatic carbocycles. The average molecular weight is 377 g/mol. The SMILES string of the molecule is Cc1ncc2c(n1)[C@]1(CCCN(S(=O)(=O)c3ccc(F)cc3)C1)OCC2. The van der Waals surface area contributed by atoms with E-state index in [0.29, 0.717) is 31.8 Å². The maximum absolute atomic E-state index is 13.2. The van der Waals surface area contributed by atoms with Crippen molar-refractivity contribution in [1.82, 2.24) is 14.3 Å². The van der Waals surface area contributed by atoms with E-state index < -0.39 is 21.4 Å². The monoisotopic (exact) mass is 377 g/mol. The molecule has 1 atom stereocenters. The fraction of sp³-hybridized carbons (Fsp3) is 0.444. The standard InChI is InChI=1S/C18H20FN3O3S/c1-13-20-11-14-7-10-25-18(17(14)21-13)8-2-9-22(12-18)26(23,24)16-5-3-15(19)4-6-16/h3-6,11H,2,7-10,12H2,1H3/t18-/m1/s1. The van der Waals surface area contributed by atoms with Gasteiger partial charge in [-0.1, -0.05) is 0 Å². The van der Waals surface area contributed by atoms with E-state index in [-0.39, 0.29) is 11.4 Å². The maximum Gasteiger partial charge on any atom is 0.243 e. The third-order valence-electron chi connectivity index (χ3n) is 5.04. The summed E-state index contributed by atoms with van der Waals surface area (Å²) in [6, 6.07) is 4.92. The van der Waals surface area contributed by atoms with Crippen LogP contribution in [0, 0.1) is 12.7 Å². The molecule has 0 saturated carbocycles. The predicted molar refractivity (Wildman–Crippen MR) is 92.5 cm³/mol. The molecule has 0 radical (unpaired) electrons. The maximum atomic E-state index is 13.2. The number of hydrogen-bond donors (Lipinski definition) is 0. The second-order valence-corrected chi connectivity index (χ2v) is 8.72. The predicted octanol–water partition coefficient (Wildman–Crippen LogP) is 2.18.